The largest absolute Gasteiger partial charge is 0.468 e. The Morgan fingerprint density at radius 3 is 2.59 bits per heavy atom. The van der Waals surface area contributed by atoms with Crippen LogP contribution in [0.5, 0.6) is 0 Å². The van der Waals surface area contributed by atoms with Gasteiger partial charge in [-0.05, 0) is 36.8 Å². The van der Waals surface area contributed by atoms with Crippen LogP contribution in [0.25, 0.3) is 0 Å². The van der Waals surface area contributed by atoms with Crippen LogP contribution in [-0.4, -0.2) is 19.1 Å². The van der Waals surface area contributed by atoms with Crippen molar-refractivity contribution in [3.63, 3.8) is 0 Å². The van der Waals surface area contributed by atoms with Gasteiger partial charge in [-0.2, -0.15) is 0 Å². The van der Waals surface area contributed by atoms with E-state index < -0.39 is 0 Å². The summed E-state index contributed by atoms with van der Waals surface area (Å²) in [6.07, 6.45) is 2.66. The Morgan fingerprint density at radius 1 is 1.41 bits per heavy atom. The highest BCUT2D eigenvalue weighted by Crippen LogP contribution is 2.39. The zero-order valence-electron chi connectivity index (χ0n) is 10.4. The Balaban J connectivity index is 1.84. The van der Waals surface area contributed by atoms with Gasteiger partial charge in [-0.15, -0.1) is 0 Å². The van der Waals surface area contributed by atoms with Gasteiger partial charge in [-0.25, -0.2) is 0 Å². The number of methoxy groups -OCH3 is 1. The predicted octanol–water partition coefficient (Wildman–Crippen LogP) is 2.22. The zero-order chi connectivity index (χ0) is 12.3. The Hall–Kier alpha value is -1.35. The first-order valence-electron chi connectivity index (χ1n) is 6.10. The van der Waals surface area contributed by atoms with Crippen molar-refractivity contribution in [2.75, 3.05) is 7.11 Å². The van der Waals surface area contributed by atoms with E-state index in [1.54, 1.807) is 0 Å². The molecule has 92 valence electrons. The lowest BCUT2D eigenvalue weighted by molar-refractivity contribution is -0.142. The third-order valence-electron chi connectivity index (χ3n) is 3.20. The van der Waals surface area contributed by atoms with Gasteiger partial charge in [0.05, 0.1) is 7.11 Å². The summed E-state index contributed by atoms with van der Waals surface area (Å²) >= 11 is 0. The van der Waals surface area contributed by atoms with Gasteiger partial charge in [0, 0.05) is 6.54 Å². The van der Waals surface area contributed by atoms with E-state index in [1.165, 1.54) is 31.1 Å². The standard InChI is InChI=1S/C14H19NO2/c1-10(14(16)17-2)15-9-11-3-5-12(6-4-11)13-7-8-13/h3-6,10,13,15H,7-9H2,1-2H3. The lowest BCUT2D eigenvalue weighted by Crippen LogP contribution is -2.34. The Labute approximate surface area is 102 Å². The summed E-state index contributed by atoms with van der Waals surface area (Å²) in [7, 11) is 1.41. The fourth-order valence-electron chi connectivity index (χ4n) is 1.86. The molecular formula is C14H19NO2. The van der Waals surface area contributed by atoms with Crippen LogP contribution < -0.4 is 5.32 Å². The summed E-state index contributed by atoms with van der Waals surface area (Å²) in [5.74, 6) is 0.575. The normalized spacial score (nSPS) is 16.6. The molecule has 1 unspecified atom stereocenters. The van der Waals surface area contributed by atoms with Crippen molar-refractivity contribution in [3.8, 4) is 0 Å². The molecule has 1 aromatic carbocycles. The first-order chi connectivity index (χ1) is 8.20. The number of carbonyl (C=O) groups excluding carboxylic acids is 1. The Kier molecular flexibility index (Phi) is 3.79. The highest BCUT2D eigenvalue weighted by Gasteiger charge is 2.22. The lowest BCUT2D eigenvalue weighted by Gasteiger charge is -2.11. The molecule has 0 bridgehead atoms. The van der Waals surface area contributed by atoms with Crippen LogP contribution >= 0.6 is 0 Å². The van der Waals surface area contributed by atoms with Crippen LogP contribution in [-0.2, 0) is 16.1 Å². The van der Waals surface area contributed by atoms with Crippen LogP contribution in [0.3, 0.4) is 0 Å². The minimum Gasteiger partial charge on any atom is -0.468 e. The van der Waals surface area contributed by atoms with Crippen LogP contribution in [0.4, 0.5) is 0 Å². The summed E-state index contributed by atoms with van der Waals surface area (Å²) < 4.78 is 4.66. The van der Waals surface area contributed by atoms with E-state index in [4.69, 9.17) is 0 Å². The van der Waals surface area contributed by atoms with Crippen LogP contribution in [0.2, 0.25) is 0 Å². The molecule has 1 saturated carbocycles. The molecule has 1 aliphatic carbocycles. The van der Waals surface area contributed by atoms with Gasteiger partial charge in [0.25, 0.3) is 0 Å². The second kappa shape index (κ2) is 5.32. The maximum Gasteiger partial charge on any atom is 0.322 e. The Bertz CT molecular complexity index is 382. The molecule has 3 nitrogen and oxygen atoms in total. The number of carbonyl (C=O) groups is 1. The van der Waals surface area contributed by atoms with Crippen LogP contribution in [0.15, 0.2) is 24.3 Å². The van der Waals surface area contributed by atoms with E-state index in [2.05, 4.69) is 34.3 Å². The molecule has 1 aromatic rings. The predicted molar refractivity (Wildman–Crippen MR) is 66.7 cm³/mol. The maximum atomic E-state index is 11.2. The lowest BCUT2D eigenvalue weighted by atomic mass is 10.1. The van der Waals surface area contributed by atoms with Crippen LogP contribution in [0.1, 0.15) is 36.8 Å². The molecule has 17 heavy (non-hydrogen) atoms. The number of nitrogens with one attached hydrogen (secondary N) is 1. The Morgan fingerprint density at radius 2 is 2.06 bits per heavy atom. The molecule has 0 radical (unpaired) electrons. The van der Waals surface area contributed by atoms with Crippen molar-refractivity contribution < 1.29 is 9.53 Å². The van der Waals surface area contributed by atoms with Gasteiger partial charge >= 0.3 is 5.97 Å². The highest BCUT2D eigenvalue weighted by molar-refractivity contribution is 5.75. The molecule has 0 heterocycles. The van der Waals surface area contributed by atoms with E-state index in [-0.39, 0.29) is 12.0 Å². The first-order valence-corrected chi connectivity index (χ1v) is 6.10. The van der Waals surface area contributed by atoms with E-state index in [1.807, 2.05) is 6.92 Å². The number of rotatable bonds is 5. The van der Waals surface area contributed by atoms with Crippen molar-refractivity contribution in [1.82, 2.24) is 5.32 Å². The molecular weight excluding hydrogens is 214 g/mol. The van der Waals surface area contributed by atoms with E-state index >= 15 is 0 Å². The molecule has 1 aliphatic rings. The van der Waals surface area contributed by atoms with Crippen molar-refractivity contribution in [2.45, 2.75) is 38.3 Å². The topological polar surface area (TPSA) is 38.3 Å². The highest BCUT2D eigenvalue weighted by atomic mass is 16.5. The van der Waals surface area contributed by atoms with Gasteiger partial charge in [0.2, 0.25) is 0 Å². The molecule has 3 heteroatoms. The van der Waals surface area contributed by atoms with Crippen molar-refractivity contribution in [2.24, 2.45) is 0 Å². The van der Waals surface area contributed by atoms with Gasteiger partial charge in [0.1, 0.15) is 6.04 Å². The second-order valence-corrected chi connectivity index (χ2v) is 4.64. The molecule has 0 spiro atoms. The maximum absolute atomic E-state index is 11.2. The summed E-state index contributed by atoms with van der Waals surface area (Å²) in [4.78, 5) is 11.2. The van der Waals surface area contributed by atoms with Crippen molar-refractivity contribution in [3.05, 3.63) is 35.4 Å². The monoisotopic (exact) mass is 233 g/mol. The fourth-order valence-corrected chi connectivity index (χ4v) is 1.86. The van der Waals surface area contributed by atoms with E-state index in [9.17, 15) is 4.79 Å². The average molecular weight is 233 g/mol. The first kappa shape index (κ1) is 12.1. The third-order valence-corrected chi connectivity index (χ3v) is 3.20. The number of hydrogen-bond acceptors (Lipinski definition) is 3. The minimum absolute atomic E-state index is 0.223. The molecule has 0 amide bonds. The molecule has 2 rings (SSSR count). The van der Waals surface area contributed by atoms with Gasteiger partial charge in [0.15, 0.2) is 0 Å². The molecule has 0 saturated heterocycles. The second-order valence-electron chi connectivity index (χ2n) is 4.64. The molecule has 0 aromatic heterocycles. The number of benzene rings is 1. The molecule has 0 aliphatic heterocycles. The van der Waals surface area contributed by atoms with E-state index in [0.717, 1.165) is 5.92 Å². The SMILES string of the molecule is COC(=O)C(C)NCc1ccc(C2CC2)cc1. The van der Waals surface area contributed by atoms with Gasteiger partial charge in [-0.3, -0.25) is 4.79 Å². The third kappa shape index (κ3) is 3.30. The average Bonchev–Trinajstić information content (AvgIpc) is 3.20. The molecule has 1 fully saturated rings. The smallest absolute Gasteiger partial charge is 0.322 e. The molecule has 1 N–H and O–H groups in total. The molecule has 1 atom stereocenters. The fraction of sp³-hybridized carbons (Fsp3) is 0.500. The minimum atomic E-state index is -0.261. The summed E-state index contributed by atoms with van der Waals surface area (Å²) in [6.45, 7) is 2.51. The number of ether oxygens (including phenoxy) is 1. The van der Waals surface area contributed by atoms with Crippen LogP contribution in [0, 0.1) is 0 Å². The number of esters is 1. The summed E-state index contributed by atoms with van der Waals surface area (Å²) in [5, 5.41) is 3.14. The zero-order valence-corrected chi connectivity index (χ0v) is 10.4. The van der Waals surface area contributed by atoms with Crippen molar-refractivity contribution in [1.29, 1.82) is 0 Å². The van der Waals surface area contributed by atoms with Gasteiger partial charge < -0.3 is 10.1 Å². The van der Waals surface area contributed by atoms with E-state index in [0.29, 0.717) is 6.54 Å². The summed E-state index contributed by atoms with van der Waals surface area (Å²) in [6, 6.07) is 8.38. The van der Waals surface area contributed by atoms with Crippen molar-refractivity contribution >= 4 is 5.97 Å². The quantitative estimate of drug-likeness (QED) is 0.792. The van der Waals surface area contributed by atoms with Gasteiger partial charge in [-0.1, -0.05) is 24.3 Å². The number of hydrogen-bond donors (Lipinski definition) is 1. The summed E-state index contributed by atoms with van der Waals surface area (Å²) in [5.41, 5.74) is 2.64.